The van der Waals surface area contributed by atoms with Gasteiger partial charge in [-0.3, -0.25) is 9.56 Å². The maximum atomic E-state index is 4.52. The fraction of sp³-hybridized carbons (Fsp3) is 0.550. The quantitative estimate of drug-likeness (QED) is 0.414. The van der Waals surface area contributed by atoms with E-state index in [-0.39, 0.29) is 24.0 Å². The molecule has 0 atom stereocenters. The molecule has 6 nitrogen and oxygen atoms in total. The molecule has 1 spiro atoms. The lowest BCUT2D eigenvalue weighted by Crippen LogP contribution is -2.41. The zero-order valence-electron chi connectivity index (χ0n) is 16.0. The third-order valence-electron chi connectivity index (χ3n) is 5.92. The predicted molar refractivity (Wildman–Crippen MR) is 119 cm³/mol. The van der Waals surface area contributed by atoms with Gasteiger partial charge in [0.15, 0.2) is 11.8 Å². The van der Waals surface area contributed by atoms with Crippen molar-refractivity contribution in [3.63, 3.8) is 0 Å². The van der Waals surface area contributed by atoms with Crippen molar-refractivity contribution in [2.45, 2.75) is 45.1 Å². The molecule has 27 heavy (non-hydrogen) atoms. The van der Waals surface area contributed by atoms with E-state index in [9.17, 15) is 0 Å². The summed E-state index contributed by atoms with van der Waals surface area (Å²) in [6.07, 6.45) is 10.0. The highest BCUT2D eigenvalue weighted by molar-refractivity contribution is 14.0. The van der Waals surface area contributed by atoms with Crippen molar-refractivity contribution in [2.24, 2.45) is 10.4 Å². The summed E-state index contributed by atoms with van der Waals surface area (Å²) < 4.78 is 2.02. The third kappa shape index (κ3) is 4.44. The van der Waals surface area contributed by atoms with Crippen LogP contribution in [0.2, 0.25) is 0 Å². The Hall–Kier alpha value is -1.64. The number of rotatable bonds is 3. The van der Waals surface area contributed by atoms with Crippen LogP contribution in [-0.4, -0.2) is 45.8 Å². The highest BCUT2D eigenvalue weighted by Crippen LogP contribution is 2.43. The molecule has 2 fully saturated rings. The second-order valence-corrected chi connectivity index (χ2v) is 7.59. The average Bonchev–Trinajstić information content (AvgIpc) is 3.32. The summed E-state index contributed by atoms with van der Waals surface area (Å²) >= 11 is 0. The Morgan fingerprint density at radius 3 is 2.67 bits per heavy atom. The van der Waals surface area contributed by atoms with E-state index in [0.29, 0.717) is 12.0 Å². The number of aromatic nitrogens is 3. The van der Waals surface area contributed by atoms with Crippen LogP contribution in [0.5, 0.6) is 0 Å². The Bertz CT molecular complexity index is 751. The minimum absolute atomic E-state index is 0. The molecule has 2 aromatic rings. The molecule has 1 saturated heterocycles. The normalized spacial score (nSPS) is 19.1. The van der Waals surface area contributed by atoms with Gasteiger partial charge >= 0.3 is 0 Å². The van der Waals surface area contributed by atoms with Crippen LogP contribution in [0.1, 0.15) is 44.3 Å². The number of nitrogens with one attached hydrogen (secondary N) is 1. The molecule has 1 aromatic carbocycles. The molecule has 4 rings (SSSR count). The zero-order chi connectivity index (χ0) is 17.8. The van der Waals surface area contributed by atoms with Gasteiger partial charge in [-0.2, -0.15) is 0 Å². The Kier molecular flexibility index (Phi) is 6.73. The predicted octanol–water partition coefficient (Wildman–Crippen LogP) is 3.62. The van der Waals surface area contributed by atoms with Crippen LogP contribution in [0.15, 0.2) is 41.7 Å². The van der Waals surface area contributed by atoms with Gasteiger partial charge in [0.25, 0.3) is 0 Å². The Labute approximate surface area is 178 Å². The molecule has 146 valence electrons. The molecule has 1 N–H and O–H groups in total. The molecule has 1 aliphatic carbocycles. The first-order valence-electron chi connectivity index (χ1n) is 9.70. The van der Waals surface area contributed by atoms with Crippen molar-refractivity contribution in [2.75, 3.05) is 20.1 Å². The molecular weight excluding hydrogens is 451 g/mol. The van der Waals surface area contributed by atoms with Crippen molar-refractivity contribution < 1.29 is 0 Å². The summed E-state index contributed by atoms with van der Waals surface area (Å²) in [5.74, 6) is 1.87. The van der Waals surface area contributed by atoms with E-state index >= 15 is 0 Å². The van der Waals surface area contributed by atoms with Crippen molar-refractivity contribution in [3.05, 3.63) is 42.5 Å². The van der Waals surface area contributed by atoms with Gasteiger partial charge in [0, 0.05) is 25.8 Å². The van der Waals surface area contributed by atoms with E-state index in [2.05, 4.69) is 37.5 Å². The zero-order valence-corrected chi connectivity index (χ0v) is 18.3. The number of likely N-dealkylation sites (tertiary alicyclic amines) is 1. The van der Waals surface area contributed by atoms with E-state index < -0.39 is 0 Å². The van der Waals surface area contributed by atoms with Crippen molar-refractivity contribution in [3.8, 4) is 5.69 Å². The van der Waals surface area contributed by atoms with Gasteiger partial charge in [-0.05, 0) is 36.8 Å². The second-order valence-electron chi connectivity index (χ2n) is 7.59. The number of hydrogen-bond donors (Lipinski definition) is 1. The van der Waals surface area contributed by atoms with Crippen LogP contribution < -0.4 is 5.32 Å². The first-order valence-corrected chi connectivity index (χ1v) is 9.70. The van der Waals surface area contributed by atoms with Crippen LogP contribution >= 0.6 is 24.0 Å². The molecule has 0 radical (unpaired) electrons. The highest BCUT2D eigenvalue weighted by Gasteiger charge is 2.39. The molecule has 1 saturated carbocycles. The van der Waals surface area contributed by atoms with Gasteiger partial charge in [0.05, 0.1) is 6.54 Å². The lowest BCUT2D eigenvalue weighted by molar-refractivity contribution is 0.203. The first-order chi connectivity index (χ1) is 12.8. The summed E-state index contributed by atoms with van der Waals surface area (Å²) in [6, 6.07) is 10.2. The molecule has 2 aliphatic rings. The van der Waals surface area contributed by atoms with E-state index in [1.807, 2.05) is 29.8 Å². The van der Waals surface area contributed by atoms with Crippen molar-refractivity contribution in [1.82, 2.24) is 25.0 Å². The van der Waals surface area contributed by atoms with Crippen molar-refractivity contribution >= 4 is 29.9 Å². The molecule has 0 amide bonds. The van der Waals surface area contributed by atoms with Crippen molar-refractivity contribution in [1.29, 1.82) is 0 Å². The van der Waals surface area contributed by atoms with Gasteiger partial charge in [0.2, 0.25) is 0 Å². The van der Waals surface area contributed by atoms with E-state index in [1.54, 1.807) is 6.33 Å². The molecular formula is C20H29IN6. The molecule has 1 aliphatic heterocycles. The molecule has 1 aromatic heterocycles. The smallest absolute Gasteiger partial charge is 0.194 e. The lowest BCUT2D eigenvalue weighted by atomic mass is 9.73. The van der Waals surface area contributed by atoms with E-state index in [0.717, 1.165) is 30.6 Å². The number of nitrogens with zero attached hydrogens (tertiary/aromatic N) is 5. The summed E-state index contributed by atoms with van der Waals surface area (Å²) in [7, 11) is 1.87. The Morgan fingerprint density at radius 1 is 1.15 bits per heavy atom. The largest absolute Gasteiger partial charge is 0.349 e. The topological polar surface area (TPSA) is 58.3 Å². The van der Waals surface area contributed by atoms with Crippen LogP contribution in [0.3, 0.4) is 0 Å². The minimum atomic E-state index is 0. The molecule has 0 bridgehead atoms. The van der Waals surface area contributed by atoms with Gasteiger partial charge in [0.1, 0.15) is 6.33 Å². The first kappa shape index (κ1) is 20.1. The summed E-state index contributed by atoms with van der Waals surface area (Å²) in [5.41, 5.74) is 1.60. The number of guanidine groups is 1. The summed E-state index contributed by atoms with van der Waals surface area (Å²) in [6.45, 7) is 2.86. The minimum Gasteiger partial charge on any atom is -0.349 e. The second kappa shape index (κ2) is 9.03. The number of para-hydroxylation sites is 1. The maximum absolute atomic E-state index is 4.52. The maximum Gasteiger partial charge on any atom is 0.194 e. The molecule has 7 heteroatoms. The summed E-state index contributed by atoms with van der Waals surface area (Å²) in [4.78, 5) is 6.95. The molecule has 2 heterocycles. The van der Waals surface area contributed by atoms with E-state index in [1.165, 1.54) is 38.5 Å². The SMILES string of the molecule is CN=C(NCc1nncn1-c1ccccc1)N1CCC2(CCCCC2)C1.I. The van der Waals surface area contributed by atoms with Crippen LogP contribution in [0.4, 0.5) is 0 Å². The Morgan fingerprint density at radius 2 is 1.93 bits per heavy atom. The number of aliphatic imine (C=N–C) groups is 1. The highest BCUT2D eigenvalue weighted by atomic mass is 127. The number of hydrogen-bond acceptors (Lipinski definition) is 3. The van der Waals surface area contributed by atoms with Gasteiger partial charge in [-0.15, -0.1) is 34.2 Å². The van der Waals surface area contributed by atoms with Gasteiger partial charge in [-0.25, -0.2) is 0 Å². The lowest BCUT2D eigenvalue weighted by Gasteiger charge is -2.33. The monoisotopic (exact) mass is 480 g/mol. The summed E-state index contributed by atoms with van der Waals surface area (Å²) in [5, 5.41) is 11.9. The Balaban J connectivity index is 0.00000210. The standard InChI is InChI=1S/C20H28N6.HI/c1-21-19(25-13-12-20(15-25)10-6-3-7-11-20)22-14-18-24-23-16-26(18)17-8-4-2-5-9-17;/h2,4-5,8-9,16H,3,6-7,10-15H2,1H3,(H,21,22);1H. The number of benzene rings is 1. The van der Waals surface area contributed by atoms with Crippen LogP contribution in [0, 0.1) is 5.41 Å². The molecule has 0 unspecified atom stereocenters. The average molecular weight is 480 g/mol. The van der Waals surface area contributed by atoms with Crippen LogP contribution in [0.25, 0.3) is 5.69 Å². The number of halogens is 1. The van der Waals surface area contributed by atoms with Crippen LogP contribution in [-0.2, 0) is 6.54 Å². The van der Waals surface area contributed by atoms with Gasteiger partial charge < -0.3 is 10.2 Å². The third-order valence-corrected chi connectivity index (χ3v) is 5.92. The fourth-order valence-electron chi connectivity index (χ4n) is 4.50. The fourth-order valence-corrected chi connectivity index (χ4v) is 4.50. The van der Waals surface area contributed by atoms with Gasteiger partial charge in [-0.1, -0.05) is 37.5 Å². The van der Waals surface area contributed by atoms with E-state index in [4.69, 9.17) is 0 Å².